The van der Waals surface area contributed by atoms with E-state index in [0.29, 0.717) is 4.47 Å². The van der Waals surface area contributed by atoms with E-state index in [0.717, 1.165) is 23.5 Å². The molecule has 1 atom stereocenters. The topological polar surface area (TPSA) is 92.8 Å². The van der Waals surface area contributed by atoms with E-state index in [1.807, 2.05) is 0 Å². The Morgan fingerprint density at radius 2 is 2.22 bits per heavy atom. The van der Waals surface area contributed by atoms with E-state index in [4.69, 9.17) is 0 Å². The zero-order chi connectivity index (χ0) is 17.2. The fourth-order valence-corrected chi connectivity index (χ4v) is 4.41. The predicted octanol–water partition coefficient (Wildman–Crippen LogP) is 0.640. The van der Waals surface area contributed by atoms with Crippen molar-refractivity contribution in [1.82, 2.24) is 9.62 Å². The molecule has 2 rings (SSSR count). The molecule has 23 heavy (non-hydrogen) atoms. The number of benzene rings is 1. The minimum Gasteiger partial charge on any atom is -0.469 e. The van der Waals surface area contributed by atoms with Crippen molar-refractivity contribution in [2.75, 3.05) is 20.2 Å². The van der Waals surface area contributed by atoms with Crippen molar-refractivity contribution < 1.29 is 27.1 Å². The van der Waals surface area contributed by atoms with Crippen LogP contribution >= 0.6 is 15.9 Å². The number of nitrogens with zero attached hydrogens (tertiary/aromatic N) is 1. The Morgan fingerprint density at radius 3 is 2.87 bits per heavy atom. The molecule has 0 aromatic heterocycles. The van der Waals surface area contributed by atoms with Crippen molar-refractivity contribution in [3.05, 3.63) is 28.5 Å². The summed E-state index contributed by atoms with van der Waals surface area (Å²) >= 11 is 3.09. The van der Waals surface area contributed by atoms with Gasteiger partial charge in [0.25, 0.3) is 0 Å². The molecule has 0 aliphatic carbocycles. The van der Waals surface area contributed by atoms with E-state index < -0.39 is 45.1 Å². The Labute approximate surface area is 141 Å². The highest BCUT2D eigenvalue weighted by Gasteiger charge is 2.40. The molecule has 1 aromatic carbocycles. The molecule has 1 N–H and O–H groups in total. The van der Waals surface area contributed by atoms with E-state index in [1.165, 1.54) is 6.07 Å². The van der Waals surface area contributed by atoms with Crippen LogP contribution in [0.1, 0.15) is 6.42 Å². The summed E-state index contributed by atoms with van der Waals surface area (Å²) in [7, 11) is -3.16. The molecule has 1 saturated heterocycles. The highest BCUT2D eigenvalue weighted by molar-refractivity contribution is 9.10. The molecule has 0 bridgehead atoms. The van der Waals surface area contributed by atoms with Gasteiger partial charge in [-0.25, -0.2) is 12.8 Å². The van der Waals surface area contributed by atoms with Crippen molar-refractivity contribution in [3.8, 4) is 0 Å². The molecule has 1 fully saturated rings. The number of halogens is 2. The third-order valence-electron chi connectivity index (χ3n) is 3.35. The summed E-state index contributed by atoms with van der Waals surface area (Å²) in [5.74, 6) is -2.29. The average molecular weight is 409 g/mol. The van der Waals surface area contributed by atoms with Gasteiger partial charge >= 0.3 is 5.97 Å². The van der Waals surface area contributed by atoms with Crippen LogP contribution in [0.4, 0.5) is 4.39 Å². The molecule has 1 unspecified atom stereocenters. The standard InChI is InChI=1S/C13H14BrFN2O5S/c1-22-12(18)7-10-13(19)16-4-5-17(10)23(20,21)11-6-8(14)2-3-9(11)15/h2-3,6,10H,4-5,7H2,1H3,(H,16,19). The molecule has 1 aliphatic rings. The second-order valence-corrected chi connectivity index (χ2v) is 7.55. The SMILES string of the molecule is COC(=O)CC1C(=O)NCCN1S(=O)(=O)c1cc(Br)ccc1F. The third kappa shape index (κ3) is 3.70. The number of esters is 1. The van der Waals surface area contributed by atoms with Gasteiger partial charge in [0.05, 0.1) is 13.5 Å². The Morgan fingerprint density at radius 1 is 1.52 bits per heavy atom. The number of methoxy groups -OCH3 is 1. The predicted molar refractivity (Wildman–Crippen MR) is 81.4 cm³/mol. The Balaban J connectivity index is 2.44. The van der Waals surface area contributed by atoms with E-state index >= 15 is 0 Å². The number of amides is 1. The largest absolute Gasteiger partial charge is 0.469 e. The minimum absolute atomic E-state index is 0.0678. The molecule has 1 aromatic rings. The number of hydrogen-bond donors (Lipinski definition) is 1. The number of hydrogen-bond acceptors (Lipinski definition) is 5. The molecular formula is C13H14BrFN2O5S. The first-order valence-corrected chi connectivity index (χ1v) is 8.82. The molecule has 1 heterocycles. The van der Waals surface area contributed by atoms with Gasteiger partial charge in [-0.05, 0) is 18.2 Å². The molecular weight excluding hydrogens is 395 g/mol. The van der Waals surface area contributed by atoms with Gasteiger partial charge in [-0.2, -0.15) is 4.31 Å². The summed E-state index contributed by atoms with van der Waals surface area (Å²) in [6.45, 7) is 0.00699. The Hall–Kier alpha value is -1.52. The first-order valence-electron chi connectivity index (χ1n) is 6.59. The smallest absolute Gasteiger partial charge is 0.307 e. The van der Waals surface area contributed by atoms with Crippen molar-refractivity contribution in [1.29, 1.82) is 0 Å². The van der Waals surface area contributed by atoms with Crippen LogP contribution in [0.25, 0.3) is 0 Å². The van der Waals surface area contributed by atoms with Gasteiger partial charge in [-0.1, -0.05) is 15.9 Å². The monoisotopic (exact) mass is 408 g/mol. The minimum atomic E-state index is -4.29. The normalized spacial score (nSPS) is 19.3. The lowest BCUT2D eigenvalue weighted by molar-refractivity contribution is -0.144. The molecule has 1 amide bonds. The molecule has 126 valence electrons. The fraction of sp³-hybridized carbons (Fsp3) is 0.385. The number of rotatable bonds is 4. The summed E-state index contributed by atoms with van der Waals surface area (Å²) in [6, 6.07) is 2.21. The number of carbonyl (C=O) groups excluding carboxylic acids is 2. The molecule has 7 nitrogen and oxygen atoms in total. The molecule has 1 aliphatic heterocycles. The van der Waals surface area contributed by atoms with Crippen LogP contribution in [-0.4, -0.2) is 50.8 Å². The summed E-state index contributed by atoms with van der Waals surface area (Å²) < 4.78 is 45.1. The van der Waals surface area contributed by atoms with E-state index in [1.54, 1.807) is 0 Å². The highest BCUT2D eigenvalue weighted by Crippen LogP contribution is 2.26. The maximum atomic E-state index is 14.0. The highest BCUT2D eigenvalue weighted by atomic mass is 79.9. The molecule has 0 radical (unpaired) electrons. The van der Waals surface area contributed by atoms with E-state index in [-0.39, 0.29) is 13.1 Å². The first kappa shape index (κ1) is 17.8. The molecule has 10 heteroatoms. The lowest BCUT2D eigenvalue weighted by Crippen LogP contribution is -2.57. The van der Waals surface area contributed by atoms with Gasteiger partial charge in [0.2, 0.25) is 15.9 Å². The number of ether oxygens (including phenoxy) is 1. The van der Waals surface area contributed by atoms with Crippen LogP contribution in [0.5, 0.6) is 0 Å². The van der Waals surface area contributed by atoms with Crippen molar-refractivity contribution >= 4 is 37.8 Å². The van der Waals surface area contributed by atoms with Crippen LogP contribution < -0.4 is 5.32 Å². The van der Waals surface area contributed by atoms with Gasteiger partial charge in [0, 0.05) is 17.6 Å². The number of sulfonamides is 1. The van der Waals surface area contributed by atoms with Crippen LogP contribution in [0.2, 0.25) is 0 Å². The number of nitrogens with one attached hydrogen (secondary N) is 1. The van der Waals surface area contributed by atoms with E-state index in [2.05, 4.69) is 26.0 Å². The first-order chi connectivity index (χ1) is 10.8. The van der Waals surface area contributed by atoms with Crippen LogP contribution in [-0.2, 0) is 24.3 Å². The second kappa shape index (κ2) is 6.93. The van der Waals surface area contributed by atoms with Gasteiger partial charge in [-0.3, -0.25) is 9.59 Å². The van der Waals surface area contributed by atoms with Gasteiger partial charge < -0.3 is 10.1 Å². The Kier molecular flexibility index (Phi) is 5.37. The zero-order valence-corrected chi connectivity index (χ0v) is 14.5. The Bertz CT molecular complexity index is 740. The van der Waals surface area contributed by atoms with Crippen LogP contribution in [0.15, 0.2) is 27.6 Å². The summed E-state index contributed by atoms with van der Waals surface area (Å²) in [5, 5.41) is 2.49. The van der Waals surface area contributed by atoms with Crippen LogP contribution in [0.3, 0.4) is 0 Å². The summed E-state index contributed by atoms with van der Waals surface area (Å²) in [4.78, 5) is 22.8. The van der Waals surface area contributed by atoms with Gasteiger partial charge in [0.15, 0.2) is 0 Å². The lowest BCUT2D eigenvalue weighted by atomic mass is 10.1. The maximum absolute atomic E-state index is 14.0. The zero-order valence-electron chi connectivity index (χ0n) is 12.1. The fourth-order valence-electron chi connectivity index (χ4n) is 2.22. The van der Waals surface area contributed by atoms with Crippen molar-refractivity contribution in [2.45, 2.75) is 17.4 Å². The van der Waals surface area contributed by atoms with E-state index in [9.17, 15) is 22.4 Å². The third-order valence-corrected chi connectivity index (χ3v) is 5.77. The van der Waals surface area contributed by atoms with Crippen molar-refractivity contribution in [2.24, 2.45) is 0 Å². The lowest BCUT2D eigenvalue weighted by Gasteiger charge is -2.33. The number of piperazine rings is 1. The summed E-state index contributed by atoms with van der Waals surface area (Å²) in [6.07, 6.45) is -0.447. The van der Waals surface area contributed by atoms with Gasteiger partial charge in [-0.15, -0.1) is 0 Å². The second-order valence-electron chi connectivity index (χ2n) is 4.78. The average Bonchev–Trinajstić information content (AvgIpc) is 2.51. The van der Waals surface area contributed by atoms with Gasteiger partial charge in [0.1, 0.15) is 16.8 Å². The maximum Gasteiger partial charge on any atom is 0.307 e. The number of carbonyl (C=O) groups is 2. The summed E-state index contributed by atoms with van der Waals surface area (Å²) in [5.41, 5.74) is 0. The quantitative estimate of drug-likeness (QED) is 0.737. The molecule has 0 saturated carbocycles. The van der Waals surface area contributed by atoms with Crippen LogP contribution in [0, 0.1) is 5.82 Å². The molecule has 0 spiro atoms. The van der Waals surface area contributed by atoms with Crippen molar-refractivity contribution in [3.63, 3.8) is 0 Å².